The van der Waals surface area contributed by atoms with Gasteiger partial charge in [-0.05, 0) is 28.8 Å². The number of aromatic nitrogens is 3. The van der Waals surface area contributed by atoms with Crippen molar-refractivity contribution in [2.24, 2.45) is 11.3 Å². The molecule has 0 aromatic carbocycles. The number of hydrogen-bond donors (Lipinski definition) is 1. The first-order chi connectivity index (χ1) is 9.56. The fourth-order valence-corrected chi connectivity index (χ4v) is 4.08. The van der Waals surface area contributed by atoms with E-state index in [2.05, 4.69) is 31.3 Å². The molecule has 2 aliphatic carbocycles. The average molecular weight is 343 g/mol. The molecule has 4 nitrogen and oxygen atoms in total. The van der Waals surface area contributed by atoms with Gasteiger partial charge in [-0.2, -0.15) is 5.10 Å². The van der Waals surface area contributed by atoms with Crippen LogP contribution in [0.5, 0.6) is 0 Å². The summed E-state index contributed by atoms with van der Waals surface area (Å²) in [5.41, 5.74) is -0.0732. The molecule has 2 aromatic heterocycles. The molecule has 2 fully saturated rings. The molecule has 7 heteroatoms. The minimum atomic E-state index is -2.51. The number of rotatable bonds is 3. The zero-order valence-corrected chi connectivity index (χ0v) is 12.2. The smallest absolute Gasteiger partial charge is 0.259 e. The molecule has 20 heavy (non-hydrogen) atoms. The maximum absolute atomic E-state index is 13.8. The number of hydrogen-bond acceptors (Lipinski definition) is 3. The van der Waals surface area contributed by atoms with Crippen LogP contribution in [0.15, 0.2) is 23.1 Å². The molecule has 0 radical (unpaired) electrons. The summed E-state index contributed by atoms with van der Waals surface area (Å²) >= 11 is 3.41. The zero-order valence-electron chi connectivity index (χ0n) is 10.6. The van der Waals surface area contributed by atoms with E-state index >= 15 is 0 Å². The van der Waals surface area contributed by atoms with Crippen molar-refractivity contribution in [1.29, 1.82) is 0 Å². The van der Waals surface area contributed by atoms with Crippen LogP contribution in [0.1, 0.15) is 19.3 Å². The molecule has 4 rings (SSSR count). The molecule has 0 spiro atoms. The third kappa shape index (κ3) is 1.44. The molecule has 2 heterocycles. The molecule has 0 amide bonds. The second kappa shape index (κ2) is 3.90. The first-order valence-electron chi connectivity index (χ1n) is 6.66. The van der Waals surface area contributed by atoms with Gasteiger partial charge in [0.2, 0.25) is 0 Å². The molecule has 2 unspecified atom stereocenters. The lowest BCUT2D eigenvalue weighted by atomic mass is 10.0. The van der Waals surface area contributed by atoms with Gasteiger partial charge in [0.15, 0.2) is 5.82 Å². The number of halogens is 3. The molecule has 0 saturated heterocycles. The van der Waals surface area contributed by atoms with Crippen LogP contribution in [0.3, 0.4) is 0 Å². The Hall–Kier alpha value is -1.24. The maximum Gasteiger partial charge on any atom is 0.259 e. The third-order valence-corrected chi connectivity index (χ3v) is 5.34. The fourth-order valence-electron chi connectivity index (χ4n) is 3.62. The second-order valence-electron chi connectivity index (χ2n) is 5.64. The summed E-state index contributed by atoms with van der Waals surface area (Å²) in [6, 6.07) is 0. The molecule has 2 saturated carbocycles. The molecule has 0 aliphatic heterocycles. The van der Waals surface area contributed by atoms with Crippen LogP contribution < -0.4 is 5.32 Å². The van der Waals surface area contributed by atoms with Gasteiger partial charge in [-0.1, -0.05) is 6.42 Å². The van der Waals surface area contributed by atoms with Crippen molar-refractivity contribution < 1.29 is 8.78 Å². The normalized spacial score (nSPS) is 30.4. The highest BCUT2D eigenvalue weighted by atomic mass is 79.9. The first kappa shape index (κ1) is 12.5. The highest BCUT2D eigenvalue weighted by Crippen LogP contribution is 2.73. The van der Waals surface area contributed by atoms with E-state index in [1.807, 2.05) is 0 Å². The van der Waals surface area contributed by atoms with Gasteiger partial charge in [-0.3, -0.25) is 0 Å². The summed E-state index contributed by atoms with van der Waals surface area (Å²) in [7, 11) is 0. The molecule has 1 N–H and O–H groups in total. The van der Waals surface area contributed by atoms with Crippen LogP contribution in [0.2, 0.25) is 0 Å². The predicted octanol–water partition coefficient (Wildman–Crippen LogP) is 3.34. The van der Waals surface area contributed by atoms with E-state index in [4.69, 9.17) is 0 Å². The van der Waals surface area contributed by atoms with Crippen molar-refractivity contribution in [1.82, 2.24) is 14.6 Å². The van der Waals surface area contributed by atoms with E-state index < -0.39 is 17.3 Å². The Morgan fingerprint density at radius 2 is 2.35 bits per heavy atom. The third-order valence-electron chi connectivity index (χ3n) is 4.76. The Morgan fingerprint density at radius 1 is 1.50 bits per heavy atom. The van der Waals surface area contributed by atoms with Crippen LogP contribution in [-0.4, -0.2) is 27.1 Å². The van der Waals surface area contributed by atoms with Crippen molar-refractivity contribution in [3.63, 3.8) is 0 Å². The highest BCUT2D eigenvalue weighted by molar-refractivity contribution is 9.10. The van der Waals surface area contributed by atoms with Crippen LogP contribution in [0.25, 0.3) is 5.52 Å². The summed E-state index contributed by atoms with van der Waals surface area (Å²) in [5, 5.41) is 7.27. The van der Waals surface area contributed by atoms with Gasteiger partial charge < -0.3 is 5.32 Å². The molecular weight excluding hydrogens is 330 g/mol. The molecule has 106 valence electrons. The van der Waals surface area contributed by atoms with Gasteiger partial charge in [0.05, 0.1) is 16.1 Å². The SMILES string of the molecule is FC1(F)C2CCCC21CNc1nccn2ncc(Br)c12. The fraction of sp³-hybridized carbons (Fsp3) is 0.538. The van der Waals surface area contributed by atoms with Crippen molar-refractivity contribution in [2.75, 3.05) is 11.9 Å². The minimum absolute atomic E-state index is 0.273. The summed E-state index contributed by atoms with van der Waals surface area (Å²) in [4.78, 5) is 4.25. The maximum atomic E-state index is 13.8. The van der Waals surface area contributed by atoms with Gasteiger partial charge in [0.1, 0.15) is 5.52 Å². The minimum Gasteiger partial charge on any atom is -0.367 e. The Morgan fingerprint density at radius 3 is 3.10 bits per heavy atom. The Balaban J connectivity index is 1.62. The summed E-state index contributed by atoms with van der Waals surface area (Å²) in [6.45, 7) is 0.273. The number of nitrogens with one attached hydrogen (secondary N) is 1. The van der Waals surface area contributed by atoms with E-state index in [0.717, 1.165) is 16.4 Å². The summed E-state index contributed by atoms with van der Waals surface area (Å²) < 4.78 is 30.2. The van der Waals surface area contributed by atoms with Gasteiger partial charge in [-0.15, -0.1) is 0 Å². The highest BCUT2D eigenvalue weighted by Gasteiger charge is 2.81. The summed E-state index contributed by atoms with van der Waals surface area (Å²) in [6.07, 6.45) is 7.15. The van der Waals surface area contributed by atoms with Gasteiger partial charge in [0, 0.05) is 24.9 Å². The predicted molar refractivity (Wildman–Crippen MR) is 73.9 cm³/mol. The number of nitrogens with zero attached hydrogens (tertiary/aromatic N) is 3. The van der Waals surface area contributed by atoms with Crippen LogP contribution in [-0.2, 0) is 0 Å². The number of anilines is 1. The lowest BCUT2D eigenvalue weighted by Crippen LogP contribution is -2.22. The zero-order chi connectivity index (χ0) is 14.0. The van der Waals surface area contributed by atoms with E-state index in [9.17, 15) is 8.78 Å². The molecule has 2 atom stereocenters. The quantitative estimate of drug-likeness (QED) is 0.930. The first-order valence-corrected chi connectivity index (χ1v) is 7.45. The topological polar surface area (TPSA) is 42.2 Å². The van der Waals surface area contributed by atoms with Gasteiger partial charge in [-0.25, -0.2) is 18.3 Å². The standard InChI is InChI=1S/C13H13BrF2N4/c14-8-6-19-20-5-4-17-11(10(8)20)18-7-12-3-1-2-9(12)13(12,15)16/h4-6,9H,1-3,7H2,(H,17,18). The van der Waals surface area contributed by atoms with Crippen molar-refractivity contribution in [2.45, 2.75) is 25.2 Å². The van der Waals surface area contributed by atoms with Crippen molar-refractivity contribution in [3.8, 4) is 0 Å². The molecule has 2 aliphatic rings. The Bertz CT molecular complexity index is 686. The largest absolute Gasteiger partial charge is 0.367 e. The van der Waals surface area contributed by atoms with E-state index in [0.29, 0.717) is 18.7 Å². The Labute approximate surface area is 122 Å². The van der Waals surface area contributed by atoms with E-state index in [1.165, 1.54) is 0 Å². The average Bonchev–Trinajstić information content (AvgIpc) is 2.87. The molecular formula is C13H13BrF2N4. The second-order valence-corrected chi connectivity index (χ2v) is 6.49. The Kier molecular flexibility index (Phi) is 2.44. The number of alkyl halides is 2. The molecule has 2 aromatic rings. The van der Waals surface area contributed by atoms with E-state index in [-0.39, 0.29) is 6.54 Å². The van der Waals surface area contributed by atoms with E-state index in [1.54, 1.807) is 23.1 Å². The monoisotopic (exact) mass is 342 g/mol. The number of fused-ring (bicyclic) bond motifs is 2. The lowest BCUT2D eigenvalue weighted by Gasteiger charge is -2.15. The van der Waals surface area contributed by atoms with Crippen LogP contribution >= 0.6 is 15.9 Å². The lowest BCUT2D eigenvalue weighted by molar-refractivity contribution is 0.0481. The van der Waals surface area contributed by atoms with Crippen LogP contribution in [0, 0.1) is 11.3 Å². The summed E-state index contributed by atoms with van der Waals surface area (Å²) in [5.74, 6) is -2.36. The van der Waals surface area contributed by atoms with Gasteiger partial charge >= 0.3 is 0 Å². The molecule has 0 bridgehead atoms. The van der Waals surface area contributed by atoms with Crippen molar-refractivity contribution >= 4 is 27.3 Å². The van der Waals surface area contributed by atoms with Crippen LogP contribution in [0.4, 0.5) is 14.6 Å². The van der Waals surface area contributed by atoms with Crippen molar-refractivity contribution in [3.05, 3.63) is 23.1 Å². The van der Waals surface area contributed by atoms with Gasteiger partial charge in [0.25, 0.3) is 5.92 Å².